The highest BCUT2D eigenvalue weighted by Gasteiger charge is 2.31. The molecule has 0 radical (unpaired) electrons. The molecule has 0 aromatic heterocycles. The molecule has 13 nitrogen and oxygen atoms in total. The zero-order chi connectivity index (χ0) is 26.4. The molecule has 13 heteroatoms. The molecule has 10 N–H and O–H groups in total. The van der Waals surface area contributed by atoms with E-state index in [-0.39, 0.29) is 25.2 Å². The van der Waals surface area contributed by atoms with E-state index in [9.17, 15) is 34.2 Å². The number of carboxylic acid groups (broad SMARTS) is 2. The second-order valence-electron chi connectivity index (χ2n) is 8.63. The maximum Gasteiger partial charge on any atom is 0.326 e. The highest BCUT2D eigenvalue weighted by atomic mass is 16.4. The molecule has 0 saturated heterocycles. The minimum absolute atomic E-state index is 0.0178. The van der Waals surface area contributed by atoms with Gasteiger partial charge in [-0.3, -0.25) is 19.2 Å². The molecule has 3 amide bonds. The van der Waals surface area contributed by atoms with Crippen LogP contribution in [0.15, 0.2) is 0 Å². The number of unbranched alkanes of at least 4 members (excludes halogenated alkanes) is 1. The zero-order valence-electron chi connectivity index (χ0n) is 20.0. The molecule has 0 saturated carbocycles. The Morgan fingerprint density at radius 3 is 1.79 bits per heavy atom. The third-order valence-electron chi connectivity index (χ3n) is 5.00. The summed E-state index contributed by atoms with van der Waals surface area (Å²) in [6.07, 6.45) is -0.563. The summed E-state index contributed by atoms with van der Waals surface area (Å²) in [6.45, 7) is 5.34. The molecule has 0 aliphatic rings. The first-order valence-corrected chi connectivity index (χ1v) is 11.3. The van der Waals surface area contributed by atoms with Gasteiger partial charge in [-0.1, -0.05) is 13.8 Å². The average Bonchev–Trinajstić information content (AvgIpc) is 2.73. The van der Waals surface area contributed by atoms with E-state index in [1.54, 1.807) is 0 Å². The van der Waals surface area contributed by atoms with Gasteiger partial charge in [-0.15, -0.1) is 0 Å². The summed E-state index contributed by atoms with van der Waals surface area (Å²) >= 11 is 0. The number of aliphatic hydroxyl groups is 1. The molecule has 0 heterocycles. The standard InChI is InChI=1S/C21H39N5O8/c1-11(2)10-15(26-20(32)17(23)12(3)27)19(31)24-13(6-4-5-9-22)18(30)25-14(21(33)34)7-8-16(28)29/h11-15,17,27H,4-10,22-23H2,1-3H3,(H,24,31)(H,25,30)(H,26,32)(H,28,29)(H,33,34). The Kier molecular flexibility index (Phi) is 14.7. The van der Waals surface area contributed by atoms with Crippen molar-refractivity contribution >= 4 is 29.7 Å². The maximum absolute atomic E-state index is 13.0. The molecule has 0 aliphatic heterocycles. The summed E-state index contributed by atoms with van der Waals surface area (Å²) in [7, 11) is 0. The van der Waals surface area contributed by atoms with Crippen molar-refractivity contribution in [2.75, 3.05) is 6.54 Å². The van der Waals surface area contributed by atoms with Gasteiger partial charge in [0.1, 0.15) is 24.2 Å². The Morgan fingerprint density at radius 1 is 0.794 bits per heavy atom. The molecule has 0 spiro atoms. The maximum atomic E-state index is 13.0. The number of hydrogen-bond donors (Lipinski definition) is 8. The van der Waals surface area contributed by atoms with E-state index in [2.05, 4.69) is 16.0 Å². The van der Waals surface area contributed by atoms with Crippen LogP contribution in [0.25, 0.3) is 0 Å². The van der Waals surface area contributed by atoms with Gasteiger partial charge in [0.05, 0.1) is 6.10 Å². The number of rotatable bonds is 17. The van der Waals surface area contributed by atoms with Gasteiger partial charge in [0.15, 0.2) is 0 Å². The third-order valence-corrected chi connectivity index (χ3v) is 5.00. The number of aliphatic carboxylic acids is 2. The Hall–Kier alpha value is -2.77. The van der Waals surface area contributed by atoms with Gasteiger partial charge in [-0.05, 0) is 51.5 Å². The Bertz CT molecular complexity index is 701. The highest BCUT2D eigenvalue weighted by molar-refractivity contribution is 5.94. The van der Waals surface area contributed by atoms with Crippen molar-refractivity contribution in [2.45, 2.75) is 89.6 Å². The lowest BCUT2D eigenvalue weighted by Crippen LogP contribution is -2.58. The summed E-state index contributed by atoms with van der Waals surface area (Å²) in [5.41, 5.74) is 11.1. The first-order chi connectivity index (χ1) is 15.8. The number of carbonyl (C=O) groups is 5. The van der Waals surface area contributed by atoms with Crippen LogP contribution in [0.1, 0.15) is 59.3 Å². The summed E-state index contributed by atoms with van der Waals surface area (Å²) < 4.78 is 0. The van der Waals surface area contributed by atoms with E-state index in [0.29, 0.717) is 19.4 Å². The summed E-state index contributed by atoms with van der Waals surface area (Å²) in [6, 6.07) is -4.89. The average molecular weight is 490 g/mol. The molecule has 0 bridgehead atoms. The van der Waals surface area contributed by atoms with Crippen LogP contribution in [0.3, 0.4) is 0 Å². The molecule has 34 heavy (non-hydrogen) atoms. The van der Waals surface area contributed by atoms with Crippen LogP contribution in [0.4, 0.5) is 0 Å². The molecule has 0 rings (SSSR count). The minimum atomic E-state index is -1.45. The van der Waals surface area contributed by atoms with E-state index >= 15 is 0 Å². The minimum Gasteiger partial charge on any atom is -0.481 e. The number of aliphatic hydroxyl groups excluding tert-OH is 1. The fraction of sp³-hybridized carbons (Fsp3) is 0.762. The molecule has 5 atom stereocenters. The van der Waals surface area contributed by atoms with Gasteiger partial charge in [-0.2, -0.15) is 0 Å². The molecular weight excluding hydrogens is 450 g/mol. The topological polar surface area (TPSA) is 234 Å². The van der Waals surface area contributed by atoms with E-state index in [0.717, 1.165) is 0 Å². The third kappa shape index (κ3) is 12.5. The predicted octanol–water partition coefficient (Wildman–Crippen LogP) is -1.73. The first kappa shape index (κ1) is 31.2. The van der Waals surface area contributed by atoms with Gasteiger partial charge >= 0.3 is 11.9 Å². The van der Waals surface area contributed by atoms with Crippen molar-refractivity contribution in [3.05, 3.63) is 0 Å². The SMILES string of the molecule is CC(C)CC(NC(=O)C(N)C(C)O)C(=O)NC(CCCCN)C(=O)NC(CCC(=O)O)C(=O)O. The molecule has 196 valence electrons. The second-order valence-corrected chi connectivity index (χ2v) is 8.63. The van der Waals surface area contributed by atoms with E-state index in [1.165, 1.54) is 6.92 Å². The smallest absolute Gasteiger partial charge is 0.326 e. The first-order valence-electron chi connectivity index (χ1n) is 11.3. The fourth-order valence-electron chi connectivity index (χ4n) is 3.02. The number of carboxylic acids is 2. The lowest BCUT2D eigenvalue weighted by Gasteiger charge is -2.26. The van der Waals surface area contributed by atoms with Crippen molar-refractivity contribution < 1.29 is 39.3 Å². The van der Waals surface area contributed by atoms with Crippen molar-refractivity contribution in [1.82, 2.24) is 16.0 Å². The van der Waals surface area contributed by atoms with Gasteiger partial charge in [0.25, 0.3) is 0 Å². The number of hydrogen-bond acceptors (Lipinski definition) is 8. The van der Waals surface area contributed by atoms with E-state index < -0.39 is 66.4 Å². The highest BCUT2D eigenvalue weighted by Crippen LogP contribution is 2.09. The van der Waals surface area contributed by atoms with Crippen LogP contribution in [0, 0.1) is 5.92 Å². The Balaban J connectivity index is 5.53. The van der Waals surface area contributed by atoms with Crippen LogP contribution >= 0.6 is 0 Å². The fourth-order valence-corrected chi connectivity index (χ4v) is 3.02. The Labute approximate surface area is 199 Å². The van der Waals surface area contributed by atoms with Gasteiger partial charge < -0.3 is 42.7 Å². The van der Waals surface area contributed by atoms with Gasteiger partial charge in [-0.25, -0.2) is 4.79 Å². The normalized spacial score (nSPS) is 15.5. The van der Waals surface area contributed by atoms with Crippen LogP contribution < -0.4 is 27.4 Å². The van der Waals surface area contributed by atoms with Crippen molar-refractivity contribution in [3.8, 4) is 0 Å². The van der Waals surface area contributed by atoms with Gasteiger partial charge in [0, 0.05) is 6.42 Å². The molecule has 0 aromatic carbocycles. The number of carbonyl (C=O) groups excluding carboxylic acids is 3. The van der Waals surface area contributed by atoms with Crippen LogP contribution in [0.2, 0.25) is 0 Å². The van der Waals surface area contributed by atoms with Crippen molar-refractivity contribution in [1.29, 1.82) is 0 Å². The van der Waals surface area contributed by atoms with Crippen molar-refractivity contribution in [3.63, 3.8) is 0 Å². The molecule has 0 fully saturated rings. The quantitative estimate of drug-likeness (QED) is 0.107. The summed E-state index contributed by atoms with van der Waals surface area (Å²) in [4.78, 5) is 60.2. The van der Waals surface area contributed by atoms with Gasteiger partial charge in [0.2, 0.25) is 17.7 Å². The van der Waals surface area contributed by atoms with Crippen LogP contribution in [-0.4, -0.2) is 81.8 Å². The number of nitrogens with two attached hydrogens (primary N) is 2. The Morgan fingerprint density at radius 2 is 1.32 bits per heavy atom. The lowest BCUT2D eigenvalue weighted by atomic mass is 10.0. The lowest BCUT2D eigenvalue weighted by molar-refractivity contribution is -0.143. The summed E-state index contributed by atoms with van der Waals surface area (Å²) in [5.74, 6) is -4.84. The molecule has 0 aromatic rings. The predicted molar refractivity (Wildman–Crippen MR) is 122 cm³/mol. The number of amides is 3. The van der Waals surface area contributed by atoms with E-state index in [4.69, 9.17) is 16.6 Å². The molecular formula is C21H39N5O8. The largest absolute Gasteiger partial charge is 0.481 e. The second kappa shape index (κ2) is 16.0. The monoisotopic (exact) mass is 489 g/mol. The van der Waals surface area contributed by atoms with Crippen LogP contribution in [-0.2, 0) is 24.0 Å². The molecule has 0 aliphatic carbocycles. The summed E-state index contributed by atoms with van der Waals surface area (Å²) in [5, 5.41) is 34.9. The zero-order valence-corrected chi connectivity index (χ0v) is 20.0. The van der Waals surface area contributed by atoms with Crippen molar-refractivity contribution in [2.24, 2.45) is 17.4 Å². The van der Waals surface area contributed by atoms with Crippen LogP contribution in [0.5, 0.6) is 0 Å². The number of nitrogens with one attached hydrogen (secondary N) is 3. The van der Waals surface area contributed by atoms with E-state index in [1.807, 2.05) is 13.8 Å². The molecule has 5 unspecified atom stereocenters.